The van der Waals surface area contributed by atoms with E-state index >= 15 is 0 Å². The van der Waals surface area contributed by atoms with Crippen LogP contribution in [-0.2, 0) is 16.0 Å². The number of hydrogen-bond donors (Lipinski definition) is 1. The number of rotatable bonds is 5. The summed E-state index contributed by atoms with van der Waals surface area (Å²) in [6.45, 7) is 1.97. The SMILES string of the molecule is COc1ccc(NC2=C(Cl)C(=O)C(Cc3ccc(C)cc3)=C(Cl)C2=O)cc1. The van der Waals surface area contributed by atoms with Crippen LogP contribution >= 0.6 is 23.2 Å². The molecule has 1 aliphatic rings. The largest absolute Gasteiger partial charge is 0.497 e. The van der Waals surface area contributed by atoms with Crippen LogP contribution in [0.4, 0.5) is 5.69 Å². The Kier molecular flexibility index (Phi) is 5.68. The third-order valence-electron chi connectivity index (χ3n) is 4.25. The Balaban J connectivity index is 1.86. The molecule has 0 unspecified atom stereocenters. The average Bonchev–Trinajstić information content (AvgIpc) is 2.69. The number of hydrogen-bond acceptors (Lipinski definition) is 4. The van der Waals surface area contributed by atoms with Crippen LogP contribution in [0.25, 0.3) is 0 Å². The first kappa shape index (κ1) is 19.2. The summed E-state index contributed by atoms with van der Waals surface area (Å²) >= 11 is 12.5. The van der Waals surface area contributed by atoms with Crippen LogP contribution < -0.4 is 10.1 Å². The highest BCUT2D eigenvalue weighted by atomic mass is 35.5. The Labute approximate surface area is 167 Å². The lowest BCUT2D eigenvalue weighted by molar-refractivity contribution is -0.115. The molecule has 0 atom stereocenters. The van der Waals surface area contributed by atoms with Gasteiger partial charge in [-0.25, -0.2) is 0 Å². The predicted molar refractivity (Wildman–Crippen MR) is 107 cm³/mol. The summed E-state index contributed by atoms with van der Waals surface area (Å²) in [5.41, 5.74) is 2.76. The number of carbonyl (C=O) groups is 2. The predicted octanol–water partition coefficient (Wildman–Crippen LogP) is 4.75. The van der Waals surface area contributed by atoms with Crippen molar-refractivity contribution in [1.82, 2.24) is 0 Å². The molecular weight excluding hydrogens is 385 g/mol. The van der Waals surface area contributed by atoms with Crippen molar-refractivity contribution in [2.75, 3.05) is 12.4 Å². The van der Waals surface area contributed by atoms with Crippen molar-refractivity contribution >= 4 is 40.5 Å². The second-order valence-electron chi connectivity index (χ2n) is 6.16. The van der Waals surface area contributed by atoms with Gasteiger partial charge in [-0.2, -0.15) is 0 Å². The van der Waals surface area contributed by atoms with E-state index in [1.165, 1.54) is 0 Å². The molecule has 27 heavy (non-hydrogen) atoms. The topological polar surface area (TPSA) is 55.4 Å². The first-order chi connectivity index (χ1) is 12.9. The quantitative estimate of drug-likeness (QED) is 0.734. The standard InChI is InChI=1S/C21H17Cl2NO3/c1-12-3-5-13(6-4-12)11-16-17(22)21(26)19(18(23)20(16)25)24-14-7-9-15(27-2)10-8-14/h3-10,24H,11H2,1-2H3. The van der Waals surface area contributed by atoms with Crippen molar-refractivity contribution in [1.29, 1.82) is 0 Å². The van der Waals surface area contributed by atoms with E-state index in [0.29, 0.717) is 11.4 Å². The van der Waals surface area contributed by atoms with Gasteiger partial charge in [0, 0.05) is 17.7 Å². The highest BCUT2D eigenvalue weighted by Crippen LogP contribution is 2.32. The lowest BCUT2D eigenvalue weighted by Gasteiger charge is -2.19. The summed E-state index contributed by atoms with van der Waals surface area (Å²) in [6.07, 6.45) is 0.246. The smallest absolute Gasteiger partial charge is 0.222 e. The molecule has 0 aliphatic heterocycles. The number of benzene rings is 2. The summed E-state index contributed by atoms with van der Waals surface area (Å²) in [4.78, 5) is 25.4. The number of carbonyl (C=O) groups excluding carboxylic acids is 2. The highest BCUT2D eigenvalue weighted by molar-refractivity contribution is 6.56. The molecule has 1 aliphatic carbocycles. The minimum Gasteiger partial charge on any atom is -0.497 e. The number of anilines is 1. The molecule has 0 radical (unpaired) electrons. The van der Waals surface area contributed by atoms with Crippen LogP contribution in [-0.4, -0.2) is 18.7 Å². The van der Waals surface area contributed by atoms with Crippen molar-refractivity contribution in [3.63, 3.8) is 0 Å². The minimum atomic E-state index is -0.501. The number of aryl methyl sites for hydroxylation is 1. The summed E-state index contributed by atoms with van der Waals surface area (Å²) in [5, 5.41) is 2.61. The van der Waals surface area contributed by atoms with Gasteiger partial charge in [-0.05, 0) is 36.8 Å². The molecule has 0 spiro atoms. The molecule has 0 saturated heterocycles. The van der Waals surface area contributed by atoms with Crippen LogP contribution in [0.5, 0.6) is 5.75 Å². The van der Waals surface area contributed by atoms with Crippen LogP contribution in [0.1, 0.15) is 11.1 Å². The molecule has 138 valence electrons. The molecule has 0 amide bonds. The molecule has 0 fully saturated rings. The Morgan fingerprint density at radius 3 is 2.11 bits per heavy atom. The first-order valence-corrected chi connectivity index (χ1v) is 9.00. The van der Waals surface area contributed by atoms with Crippen molar-refractivity contribution in [2.24, 2.45) is 0 Å². The van der Waals surface area contributed by atoms with Crippen LogP contribution in [0, 0.1) is 6.92 Å². The van der Waals surface area contributed by atoms with Gasteiger partial charge >= 0.3 is 0 Å². The molecule has 0 heterocycles. The van der Waals surface area contributed by atoms with E-state index in [1.807, 2.05) is 31.2 Å². The molecule has 1 N–H and O–H groups in total. The highest BCUT2D eigenvalue weighted by Gasteiger charge is 2.33. The van der Waals surface area contributed by atoms with E-state index in [4.69, 9.17) is 27.9 Å². The van der Waals surface area contributed by atoms with Gasteiger partial charge in [-0.3, -0.25) is 9.59 Å². The number of ether oxygens (including phenoxy) is 1. The number of Topliss-reactive ketones (excluding diaryl/α,β-unsaturated/α-hetero) is 2. The number of ketones is 2. The normalized spacial score (nSPS) is 14.7. The molecule has 4 nitrogen and oxygen atoms in total. The number of allylic oxidation sites excluding steroid dienone is 3. The zero-order chi connectivity index (χ0) is 19.6. The average molecular weight is 402 g/mol. The van der Waals surface area contributed by atoms with Gasteiger partial charge in [0.2, 0.25) is 11.6 Å². The van der Waals surface area contributed by atoms with E-state index in [2.05, 4.69) is 5.32 Å². The summed E-state index contributed by atoms with van der Waals surface area (Å²) in [5.74, 6) is -0.276. The van der Waals surface area contributed by atoms with E-state index in [9.17, 15) is 9.59 Å². The Bertz CT molecular complexity index is 958. The fraction of sp³-hybridized carbons (Fsp3) is 0.143. The van der Waals surface area contributed by atoms with Crippen molar-refractivity contribution in [3.8, 4) is 5.75 Å². The van der Waals surface area contributed by atoms with Gasteiger partial charge in [-0.1, -0.05) is 53.0 Å². The Hall–Kier alpha value is -2.56. The van der Waals surface area contributed by atoms with Gasteiger partial charge in [0.25, 0.3) is 0 Å². The third-order valence-corrected chi connectivity index (χ3v) is 5.01. The third kappa shape index (κ3) is 4.07. The molecule has 0 aromatic heterocycles. The van der Waals surface area contributed by atoms with Crippen LogP contribution in [0.3, 0.4) is 0 Å². The summed E-state index contributed by atoms with van der Waals surface area (Å²) < 4.78 is 5.10. The molecule has 6 heteroatoms. The number of methoxy groups -OCH3 is 1. The maximum absolute atomic E-state index is 12.7. The zero-order valence-electron chi connectivity index (χ0n) is 14.8. The van der Waals surface area contributed by atoms with E-state index in [1.54, 1.807) is 31.4 Å². The molecule has 2 aromatic rings. The Morgan fingerprint density at radius 2 is 1.52 bits per heavy atom. The van der Waals surface area contributed by atoms with Gasteiger partial charge in [0.15, 0.2) is 0 Å². The molecule has 0 saturated carbocycles. The first-order valence-electron chi connectivity index (χ1n) is 8.25. The Morgan fingerprint density at radius 1 is 0.889 bits per heavy atom. The summed E-state index contributed by atoms with van der Waals surface area (Å²) in [6, 6.07) is 14.6. The van der Waals surface area contributed by atoms with E-state index < -0.39 is 11.6 Å². The van der Waals surface area contributed by atoms with Gasteiger partial charge in [0.1, 0.15) is 16.5 Å². The van der Waals surface area contributed by atoms with Crippen molar-refractivity contribution < 1.29 is 14.3 Å². The van der Waals surface area contributed by atoms with Crippen LogP contribution in [0.15, 0.2) is 69.9 Å². The number of nitrogens with one attached hydrogen (secondary N) is 1. The maximum atomic E-state index is 12.7. The van der Waals surface area contributed by atoms with Gasteiger partial charge in [-0.15, -0.1) is 0 Å². The second kappa shape index (κ2) is 7.99. The molecule has 3 rings (SSSR count). The van der Waals surface area contributed by atoms with E-state index in [0.717, 1.165) is 11.1 Å². The lowest BCUT2D eigenvalue weighted by atomic mass is 9.94. The maximum Gasteiger partial charge on any atom is 0.222 e. The van der Waals surface area contributed by atoms with Crippen molar-refractivity contribution in [3.05, 3.63) is 81.0 Å². The fourth-order valence-corrected chi connectivity index (χ4v) is 3.18. The summed E-state index contributed by atoms with van der Waals surface area (Å²) in [7, 11) is 1.56. The van der Waals surface area contributed by atoms with E-state index in [-0.39, 0.29) is 27.8 Å². The van der Waals surface area contributed by atoms with Gasteiger partial charge < -0.3 is 10.1 Å². The van der Waals surface area contributed by atoms with Gasteiger partial charge in [0.05, 0.1) is 12.1 Å². The molecule has 0 bridgehead atoms. The molecular formula is C21H17Cl2NO3. The minimum absolute atomic E-state index is 0.0236. The second-order valence-corrected chi connectivity index (χ2v) is 6.91. The lowest BCUT2D eigenvalue weighted by Crippen LogP contribution is -2.25. The number of halogens is 2. The zero-order valence-corrected chi connectivity index (χ0v) is 16.3. The van der Waals surface area contributed by atoms with Crippen molar-refractivity contribution in [2.45, 2.75) is 13.3 Å². The molecule has 2 aromatic carbocycles. The van der Waals surface area contributed by atoms with Crippen LogP contribution in [0.2, 0.25) is 0 Å². The fourth-order valence-electron chi connectivity index (χ4n) is 2.69. The monoisotopic (exact) mass is 401 g/mol.